The number of rotatable bonds is 0. The van der Waals surface area contributed by atoms with Crippen molar-refractivity contribution in [3.63, 3.8) is 0 Å². The van der Waals surface area contributed by atoms with Gasteiger partial charge in [-0.25, -0.2) is 0 Å². The first-order valence-electron chi connectivity index (χ1n) is 4.90. The zero-order chi connectivity index (χ0) is 9.22. The molecule has 3 nitrogen and oxygen atoms in total. The minimum absolute atomic E-state index is 0.112. The van der Waals surface area contributed by atoms with Crippen LogP contribution in [0.3, 0.4) is 0 Å². The van der Waals surface area contributed by atoms with Gasteiger partial charge in [-0.05, 0) is 38.0 Å². The largest absolute Gasteiger partial charge is 0.392 e. The normalized spacial score (nSPS) is 52.5. The van der Waals surface area contributed by atoms with E-state index in [1.54, 1.807) is 0 Å². The molecule has 3 fully saturated rings. The Balaban J connectivity index is 2.12. The van der Waals surface area contributed by atoms with E-state index in [0.717, 1.165) is 19.3 Å². The lowest BCUT2D eigenvalue weighted by Crippen LogP contribution is -2.36. The van der Waals surface area contributed by atoms with Crippen molar-refractivity contribution in [3.05, 3.63) is 0 Å². The van der Waals surface area contributed by atoms with Gasteiger partial charge >= 0.3 is 11.9 Å². The third-order valence-corrected chi connectivity index (χ3v) is 4.33. The zero-order valence-corrected chi connectivity index (χ0v) is 7.58. The SMILES string of the molecule is C[C@]12C(=O)OC(=O)[C@H]1C1CCC2C1. The van der Waals surface area contributed by atoms with Gasteiger partial charge in [-0.2, -0.15) is 0 Å². The lowest BCUT2D eigenvalue weighted by atomic mass is 9.69. The first kappa shape index (κ1) is 7.54. The number of carbonyl (C=O) groups excluding carboxylic acids is 2. The second kappa shape index (κ2) is 1.97. The quantitative estimate of drug-likeness (QED) is 0.414. The fraction of sp³-hybridized carbons (Fsp3) is 0.800. The van der Waals surface area contributed by atoms with E-state index in [2.05, 4.69) is 0 Å². The average Bonchev–Trinajstić information content (AvgIpc) is 2.66. The summed E-state index contributed by atoms with van der Waals surface area (Å²) in [5.41, 5.74) is -0.458. The highest BCUT2D eigenvalue weighted by molar-refractivity contribution is 6.00. The Bertz CT molecular complexity index is 309. The second-order valence-electron chi connectivity index (χ2n) is 4.74. The van der Waals surface area contributed by atoms with Gasteiger partial charge in [-0.1, -0.05) is 0 Å². The predicted molar refractivity (Wildman–Crippen MR) is 43.5 cm³/mol. The second-order valence-corrected chi connectivity index (χ2v) is 4.74. The summed E-state index contributed by atoms with van der Waals surface area (Å²) in [5.74, 6) is 0.184. The van der Waals surface area contributed by atoms with E-state index >= 15 is 0 Å². The summed E-state index contributed by atoms with van der Waals surface area (Å²) in [7, 11) is 0. The molecule has 0 radical (unpaired) electrons. The van der Waals surface area contributed by atoms with Gasteiger partial charge in [-0.15, -0.1) is 0 Å². The monoisotopic (exact) mass is 180 g/mol. The summed E-state index contributed by atoms with van der Waals surface area (Å²) in [6.07, 6.45) is 3.26. The van der Waals surface area contributed by atoms with Crippen LogP contribution in [0, 0.1) is 23.2 Å². The van der Waals surface area contributed by atoms with Gasteiger partial charge in [0.25, 0.3) is 0 Å². The standard InChI is InChI=1S/C10H12O3/c1-10-6-3-2-5(4-6)7(10)8(11)13-9(10)12/h5-7H,2-4H2,1H3/t5?,6?,7-,10-/m1/s1. The van der Waals surface area contributed by atoms with Gasteiger partial charge in [0.15, 0.2) is 0 Å². The van der Waals surface area contributed by atoms with Crippen LogP contribution in [-0.4, -0.2) is 11.9 Å². The molecule has 0 N–H and O–H groups in total. The molecule has 0 aromatic heterocycles. The first-order chi connectivity index (χ1) is 6.14. The smallest absolute Gasteiger partial charge is 0.320 e. The van der Waals surface area contributed by atoms with Gasteiger partial charge in [0.1, 0.15) is 0 Å². The third kappa shape index (κ3) is 0.640. The van der Waals surface area contributed by atoms with Crippen LogP contribution in [0.4, 0.5) is 0 Å². The Kier molecular flexibility index (Phi) is 1.14. The molecule has 0 aromatic carbocycles. The highest BCUT2D eigenvalue weighted by atomic mass is 16.6. The molecular weight excluding hydrogens is 168 g/mol. The summed E-state index contributed by atoms with van der Waals surface area (Å²) in [6.45, 7) is 1.91. The predicted octanol–water partition coefficient (Wildman–Crippen LogP) is 1.12. The maximum Gasteiger partial charge on any atom is 0.320 e. The van der Waals surface area contributed by atoms with Crippen molar-refractivity contribution in [2.75, 3.05) is 0 Å². The minimum atomic E-state index is -0.458. The van der Waals surface area contributed by atoms with Gasteiger partial charge in [0.2, 0.25) is 0 Å². The molecule has 0 spiro atoms. The van der Waals surface area contributed by atoms with Crippen molar-refractivity contribution in [3.8, 4) is 0 Å². The molecule has 3 aliphatic rings. The van der Waals surface area contributed by atoms with E-state index in [-0.39, 0.29) is 17.9 Å². The molecule has 2 saturated carbocycles. The molecule has 70 valence electrons. The molecule has 2 bridgehead atoms. The van der Waals surface area contributed by atoms with Crippen LogP contribution in [-0.2, 0) is 14.3 Å². The van der Waals surface area contributed by atoms with Crippen molar-refractivity contribution in [2.45, 2.75) is 26.2 Å². The van der Waals surface area contributed by atoms with Crippen molar-refractivity contribution in [2.24, 2.45) is 23.2 Å². The van der Waals surface area contributed by atoms with E-state index in [1.165, 1.54) is 0 Å². The number of carbonyl (C=O) groups is 2. The Morgan fingerprint density at radius 2 is 2.15 bits per heavy atom. The number of hydrogen-bond acceptors (Lipinski definition) is 3. The van der Waals surface area contributed by atoms with Crippen molar-refractivity contribution < 1.29 is 14.3 Å². The van der Waals surface area contributed by atoms with E-state index in [1.807, 2.05) is 6.92 Å². The Morgan fingerprint density at radius 1 is 1.38 bits per heavy atom. The Hall–Kier alpha value is -0.860. The summed E-state index contributed by atoms with van der Waals surface area (Å²) in [5, 5.41) is 0. The minimum Gasteiger partial charge on any atom is -0.392 e. The fourth-order valence-corrected chi connectivity index (χ4v) is 3.60. The van der Waals surface area contributed by atoms with Crippen LogP contribution < -0.4 is 0 Å². The maximum absolute atomic E-state index is 11.5. The molecular formula is C10H12O3. The lowest BCUT2D eigenvalue weighted by molar-refractivity contribution is -0.156. The van der Waals surface area contributed by atoms with Crippen molar-refractivity contribution in [1.29, 1.82) is 0 Å². The Labute approximate surface area is 76.4 Å². The molecule has 2 unspecified atom stereocenters. The molecule has 3 rings (SSSR count). The molecule has 1 aliphatic heterocycles. The van der Waals surface area contributed by atoms with Crippen LogP contribution >= 0.6 is 0 Å². The number of ether oxygens (including phenoxy) is 1. The van der Waals surface area contributed by atoms with E-state index < -0.39 is 5.41 Å². The number of hydrogen-bond donors (Lipinski definition) is 0. The third-order valence-electron chi connectivity index (χ3n) is 4.33. The first-order valence-corrected chi connectivity index (χ1v) is 4.90. The lowest BCUT2D eigenvalue weighted by Gasteiger charge is -2.29. The highest BCUT2D eigenvalue weighted by Crippen LogP contribution is 2.62. The summed E-state index contributed by atoms with van der Waals surface area (Å²) in [6, 6.07) is 0. The molecule has 1 heterocycles. The van der Waals surface area contributed by atoms with E-state index in [4.69, 9.17) is 4.74 Å². The molecule has 0 aromatic rings. The molecule has 1 saturated heterocycles. The van der Waals surface area contributed by atoms with Gasteiger partial charge < -0.3 is 4.74 Å². The van der Waals surface area contributed by atoms with Gasteiger partial charge in [-0.3, -0.25) is 9.59 Å². The molecule has 4 atom stereocenters. The number of fused-ring (bicyclic) bond motifs is 5. The van der Waals surface area contributed by atoms with Crippen LogP contribution in [0.2, 0.25) is 0 Å². The Morgan fingerprint density at radius 3 is 2.85 bits per heavy atom. The van der Waals surface area contributed by atoms with Crippen molar-refractivity contribution >= 4 is 11.9 Å². The molecule has 3 heteroatoms. The molecule has 2 aliphatic carbocycles. The summed E-state index contributed by atoms with van der Waals surface area (Å²) < 4.78 is 4.73. The van der Waals surface area contributed by atoms with Crippen molar-refractivity contribution in [1.82, 2.24) is 0 Å². The number of esters is 2. The van der Waals surface area contributed by atoms with E-state index in [9.17, 15) is 9.59 Å². The van der Waals surface area contributed by atoms with Crippen LogP contribution in [0.5, 0.6) is 0 Å². The molecule has 0 amide bonds. The zero-order valence-electron chi connectivity index (χ0n) is 7.58. The van der Waals surface area contributed by atoms with Gasteiger partial charge in [0.05, 0.1) is 11.3 Å². The van der Waals surface area contributed by atoms with Crippen LogP contribution in [0.1, 0.15) is 26.2 Å². The maximum atomic E-state index is 11.5. The van der Waals surface area contributed by atoms with Crippen LogP contribution in [0.15, 0.2) is 0 Å². The van der Waals surface area contributed by atoms with Gasteiger partial charge in [0, 0.05) is 0 Å². The highest BCUT2D eigenvalue weighted by Gasteiger charge is 2.67. The summed E-state index contributed by atoms with van der Waals surface area (Å²) >= 11 is 0. The molecule has 13 heavy (non-hydrogen) atoms. The topological polar surface area (TPSA) is 43.4 Å². The summed E-state index contributed by atoms with van der Waals surface area (Å²) in [4.78, 5) is 23.0. The van der Waals surface area contributed by atoms with Crippen LogP contribution in [0.25, 0.3) is 0 Å². The number of cyclic esters (lactones) is 2. The average molecular weight is 180 g/mol. The fourth-order valence-electron chi connectivity index (χ4n) is 3.60. The van der Waals surface area contributed by atoms with E-state index in [0.29, 0.717) is 11.8 Å².